The third kappa shape index (κ3) is 3.83. The van der Waals surface area contributed by atoms with E-state index < -0.39 is 0 Å². The number of aromatic nitrogens is 2. The van der Waals surface area contributed by atoms with Crippen LogP contribution < -0.4 is 9.80 Å². The van der Waals surface area contributed by atoms with E-state index in [-0.39, 0.29) is 11.7 Å². The monoisotopic (exact) mass is 411 g/mol. The number of rotatable bonds is 4. The molecular formula is C21H25N5O2S. The topological polar surface area (TPSA) is 70.9 Å². The summed E-state index contributed by atoms with van der Waals surface area (Å²) in [4.78, 5) is 30.9. The molecule has 1 aromatic carbocycles. The number of morpholine rings is 1. The Hall–Kier alpha value is -2.19. The van der Waals surface area contributed by atoms with Crippen LogP contribution in [0.5, 0.6) is 0 Å². The third-order valence-corrected chi connectivity index (χ3v) is 6.85. The number of anilines is 2. The fourth-order valence-electron chi connectivity index (χ4n) is 4.34. The minimum atomic E-state index is 0.00531. The summed E-state index contributed by atoms with van der Waals surface area (Å²) < 4.78 is 5.46. The van der Waals surface area contributed by atoms with E-state index in [1.807, 2.05) is 0 Å². The Morgan fingerprint density at radius 1 is 1.14 bits per heavy atom. The van der Waals surface area contributed by atoms with Crippen LogP contribution in [0.2, 0.25) is 0 Å². The lowest BCUT2D eigenvalue weighted by atomic mass is 9.94. The molecule has 3 aliphatic rings. The highest BCUT2D eigenvalue weighted by Gasteiger charge is 2.31. The van der Waals surface area contributed by atoms with E-state index in [2.05, 4.69) is 43.0 Å². The smallest absolute Gasteiger partial charge is 0.192 e. The molecule has 1 atom stereocenters. The summed E-state index contributed by atoms with van der Waals surface area (Å²) in [6.45, 7) is 5.73. The fourth-order valence-corrected chi connectivity index (χ4v) is 5.21. The second-order valence-electron chi connectivity index (χ2n) is 7.68. The maximum absolute atomic E-state index is 12.8. The number of Topliss-reactive ketones (excluding diaryl/α,β-unsaturated/α-hetero) is 1. The van der Waals surface area contributed by atoms with Gasteiger partial charge < -0.3 is 14.5 Å². The molecule has 29 heavy (non-hydrogen) atoms. The van der Waals surface area contributed by atoms with Crippen molar-refractivity contribution < 1.29 is 9.53 Å². The van der Waals surface area contributed by atoms with Crippen LogP contribution in [0.15, 0.2) is 29.5 Å². The standard InChI is InChI=1S/C21H25N5O2S/c27-19(21-22-5-11-29-21)15-2-1-6-26(13-15)20-17-4-3-16(12-18(17)23-14-24-20)25-7-9-28-10-8-25/h3-4,12,14-15H,1-2,5-11,13H2. The molecule has 0 N–H and O–H groups in total. The van der Waals surface area contributed by atoms with Crippen LogP contribution in [0.3, 0.4) is 0 Å². The number of thioether (sulfide) groups is 1. The predicted molar refractivity (Wildman–Crippen MR) is 117 cm³/mol. The maximum Gasteiger partial charge on any atom is 0.192 e. The van der Waals surface area contributed by atoms with Crippen LogP contribution in [0.4, 0.5) is 11.5 Å². The van der Waals surface area contributed by atoms with Gasteiger partial charge in [0.05, 0.1) is 18.7 Å². The van der Waals surface area contributed by atoms with Gasteiger partial charge in [0.2, 0.25) is 0 Å². The first kappa shape index (κ1) is 18.8. The van der Waals surface area contributed by atoms with Gasteiger partial charge in [-0.15, -0.1) is 11.8 Å². The molecule has 2 saturated heterocycles. The second kappa shape index (κ2) is 8.28. The van der Waals surface area contributed by atoms with Crippen LogP contribution in [0.25, 0.3) is 10.9 Å². The number of carbonyl (C=O) groups excluding carboxylic acids is 1. The normalized spacial score (nSPS) is 22.8. The SMILES string of the molecule is O=C(C1=NCCS1)C1CCCN(c2ncnc3cc(N4CCOCC4)ccc23)C1. The van der Waals surface area contributed by atoms with Crippen LogP contribution in [-0.2, 0) is 9.53 Å². The molecule has 0 amide bonds. The number of carbonyl (C=O) groups is 1. The van der Waals surface area contributed by atoms with Crippen molar-refractivity contribution >= 4 is 45.0 Å². The number of benzene rings is 1. The summed E-state index contributed by atoms with van der Waals surface area (Å²) >= 11 is 1.60. The fraction of sp³-hybridized carbons (Fsp3) is 0.524. The number of piperidine rings is 1. The average molecular weight is 412 g/mol. The average Bonchev–Trinajstić information content (AvgIpc) is 3.33. The summed E-state index contributed by atoms with van der Waals surface area (Å²) in [5.74, 6) is 2.08. The van der Waals surface area contributed by atoms with E-state index in [1.54, 1.807) is 18.1 Å². The zero-order valence-corrected chi connectivity index (χ0v) is 17.2. The van der Waals surface area contributed by atoms with Gasteiger partial charge in [0.1, 0.15) is 17.2 Å². The lowest BCUT2D eigenvalue weighted by Gasteiger charge is -2.33. The molecule has 3 aliphatic heterocycles. The molecule has 152 valence electrons. The summed E-state index contributed by atoms with van der Waals surface area (Å²) in [6, 6.07) is 6.41. The van der Waals surface area contributed by atoms with E-state index in [0.29, 0.717) is 6.54 Å². The van der Waals surface area contributed by atoms with Crippen LogP contribution in [0, 0.1) is 5.92 Å². The Morgan fingerprint density at radius 3 is 2.86 bits per heavy atom. The van der Waals surface area contributed by atoms with Crippen LogP contribution >= 0.6 is 11.8 Å². The van der Waals surface area contributed by atoms with E-state index in [9.17, 15) is 4.79 Å². The highest BCUT2D eigenvalue weighted by Crippen LogP contribution is 2.31. The van der Waals surface area contributed by atoms with Gasteiger partial charge in [-0.2, -0.15) is 0 Å². The van der Waals surface area contributed by atoms with Gasteiger partial charge in [-0.1, -0.05) is 0 Å². The first-order valence-electron chi connectivity index (χ1n) is 10.3. The number of ether oxygens (including phenoxy) is 1. The third-order valence-electron chi connectivity index (χ3n) is 5.86. The van der Waals surface area contributed by atoms with Crippen molar-refractivity contribution in [2.75, 3.05) is 61.5 Å². The van der Waals surface area contributed by atoms with Gasteiger partial charge in [-0.05, 0) is 31.0 Å². The van der Waals surface area contributed by atoms with E-state index in [4.69, 9.17) is 4.74 Å². The number of fused-ring (bicyclic) bond motifs is 1. The Morgan fingerprint density at radius 2 is 2.03 bits per heavy atom. The number of hydrogen-bond donors (Lipinski definition) is 0. The minimum Gasteiger partial charge on any atom is -0.378 e. The Bertz CT molecular complexity index is 944. The highest BCUT2D eigenvalue weighted by molar-refractivity contribution is 8.16. The molecule has 1 aromatic heterocycles. The minimum absolute atomic E-state index is 0.00531. The molecule has 4 heterocycles. The Kier molecular flexibility index (Phi) is 5.37. The summed E-state index contributed by atoms with van der Waals surface area (Å²) in [7, 11) is 0. The molecule has 8 heteroatoms. The summed E-state index contributed by atoms with van der Waals surface area (Å²) in [6.07, 6.45) is 3.56. The molecular weight excluding hydrogens is 386 g/mol. The van der Waals surface area contributed by atoms with Crippen molar-refractivity contribution in [1.82, 2.24) is 9.97 Å². The first-order valence-corrected chi connectivity index (χ1v) is 11.3. The summed E-state index contributed by atoms with van der Waals surface area (Å²) in [5, 5.41) is 1.77. The quantitative estimate of drug-likeness (QED) is 0.765. The molecule has 5 rings (SSSR count). The maximum atomic E-state index is 12.8. The largest absolute Gasteiger partial charge is 0.378 e. The van der Waals surface area contributed by atoms with Crippen molar-refractivity contribution in [3.8, 4) is 0 Å². The van der Waals surface area contributed by atoms with Gasteiger partial charge in [0.15, 0.2) is 5.78 Å². The number of aliphatic imine (C=N–C) groups is 1. The van der Waals surface area contributed by atoms with Crippen molar-refractivity contribution in [2.24, 2.45) is 10.9 Å². The molecule has 0 spiro atoms. The zero-order valence-electron chi connectivity index (χ0n) is 16.4. The molecule has 1 unspecified atom stereocenters. The molecule has 0 radical (unpaired) electrons. The molecule has 0 saturated carbocycles. The van der Waals surface area contributed by atoms with Gasteiger partial charge in [-0.25, -0.2) is 9.97 Å². The Labute approximate surface area is 174 Å². The molecule has 0 aliphatic carbocycles. The van der Waals surface area contributed by atoms with Gasteiger partial charge in [0, 0.05) is 55.5 Å². The number of ketones is 1. The first-order chi connectivity index (χ1) is 14.3. The van der Waals surface area contributed by atoms with Crippen molar-refractivity contribution in [2.45, 2.75) is 12.8 Å². The van der Waals surface area contributed by atoms with Gasteiger partial charge in [0.25, 0.3) is 0 Å². The second-order valence-corrected chi connectivity index (χ2v) is 8.77. The van der Waals surface area contributed by atoms with Crippen molar-refractivity contribution in [3.63, 3.8) is 0 Å². The molecule has 7 nitrogen and oxygen atoms in total. The lowest BCUT2D eigenvalue weighted by Crippen LogP contribution is -2.40. The van der Waals surface area contributed by atoms with Gasteiger partial charge >= 0.3 is 0 Å². The number of nitrogens with zero attached hydrogens (tertiary/aromatic N) is 5. The zero-order chi connectivity index (χ0) is 19.6. The highest BCUT2D eigenvalue weighted by atomic mass is 32.2. The van der Waals surface area contributed by atoms with Gasteiger partial charge in [-0.3, -0.25) is 9.79 Å². The lowest BCUT2D eigenvalue weighted by molar-refractivity contribution is -0.116. The molecule has 0 bridgehead atoms. The summed E-state index contributed by atoms with van der Waals surface area (Å²) in [5.41, 5.74) is 2.12. The number of hydrogen-bond acceptors (Lipinski definition) is 8. The van der Waals surface area contributed by atoms with Crippen LogP contribution in [0.1, 0.15) is 12.8 Å². The van der Waals surface area contributed by atoms with E-state index in [0.717, 1.165) is 79.8 Å². The van der Waals surface area contributed by atoms with Crippen LogP contribution in [-0.4, -0.2) is 72.5 Å². The Balaban J connectivity index is 1.39. The molecule has 2 aromatic rings. The predicted octanol–water partition coefficient (Wildman–Crippen LogP) is 2.40. The molecule has 2 fully saturated rings. The van der Waals surface area contributed by atoms with Crippen molar-refractivity contribution in [1.29, 1.82) is 0 Å². The van der Waals surface area contributed by atoms with E-state index in [1.165, 1.54) is 5.69 Å². The van der Waals surface area contributed by atoms with E-state index >= 15 is 0 Å². The van der Waals surface area contributed by atoms with Crippen molar-refractivity contribution in [3.05, 3.63) is 24.5 Å².